The lowest BCUT2D eigenvalue weighted by molar-refractivity contribution is -0.139. The van der Waals surface area contributed by atoms with Crippen molar-refractivity contribution in [3.05, 3.63) is 96.1 Å². The summed E-state index contributed by atoms with van der Waals surface area (Å²) in [6.45, 7) is 0. The lowest BCUT2D eigenvalue weighted by Crippen LogP contribution is -2.26. The summed E-state index contributed by atoms with van der Waals surface area (Å²) in [4.78, 5) is 26.4. The minimum Gasteiger partial charge on any atom is -0.469 e. The number of methoxy groups -OCH3 is 1. The van der Waals surface area contributed by atoms with Crippen molar-refractivity contribution in [1.82, 2.24) is 0 Å². The fraction of sp³-hybridized carbons (Fsp3) is 0.0909. The molecule has 0 bridgehead atoms. The fourth-order valence-corrected chi connectivity index (χ4v) is 2.71. The highest BCUT2D eigenvalue weighted by atomic mass is 16.5. The normalized spacial score (nSPS) is 10.2. The Kier molecular flexibility index (Phi) is 5.44. The Hall–Kier alpha value is -3.40. The molecule has 1 amide bonds. The molecule has 0 aliphatic rings. The molecule has 0 atom stereocenters. The predicted octanol–water partition coefficient (Wildman–Crippen LogP) is 4.38. The van der Waals surface area contributed by atoms with Crippen molar-refractivity contribution in [3.63, 3.8) is 0 Å². The molecule has 0 spiro atoms. The molecular formula is C22H19NO3. The number of hydrogen-bond acceptors (Lipinski definition) is 3. The topological polar surface area (TPSA) is 46.6 Å². The van der Waals surface area contributed by atoms with Crippen molar-refractivity contribution in [2.75, 3.05) is 12.0 Å². The molecule has 0 fully saturated rings. The van der Waals surface area contributed by atoms with Gasteiger partial charge in [-0.3, -0.25) is 14.5 Å². The highest BCUT2D eigenvalue weighted by Gasteiger charge is 2.20. The molecule has 0 saturated heterocycles. The summed E-state index contributed by atoms with van der Waals surface area (Å²) < 4.78 is 4.74. The molecule has 0 aromatic heterocycles. The summed E-state index contributed by atoms with van der Waals surface area (Å²) in [5.74, 6) is -0.449. The third-order valence-corrected chi connectivity index (χ3v) is 3.98. The molecule has 3 rings (SSSR count). The van der Waals surface area contributed by atoms with E-state index in [1.807, 2.05) is 72.8 Å². The van der Waals surface area contributed by atoms with E-state index in [4.69, 9.17) is 4.74 Å². The lowest BCUT2D eigenvalue weighted by atomic mass is 10.1. The zero-order valence-corrected chi connectivity index (χ0v) is 14.5. The summed E-state index contributed by atoms with van der Waals surface area (Å²) in [5, 5.41) is 0. The number of nitrogens with zero attached hydrogens (tertiary/aromatic N) is 1. The number of carbonyl (C=O) groups is 2. The van der Waals surface area contributed by atoms with Gasteiger partial charge in [0.05, 0.1) is 13.5 Å². The van der Waals surface area contributed by atoms with E-state index in [1.165, 1.54) is 7.11 Å². The number of esters is 1. The van der Waals surface area contributed by atoms with Gasteiger partial charge in [0, 0.05) is 16.9 Å². The van der Waals surface area contributed by atoms with Crippen LogP contribution in [0.1, 0.15) is 15.9 Å². The summed E-state index contributed by atoms with van der Waals surface area (Å²) >= 11 is 0. The van der Waals surface area contributed by atoms with Crippen molar-refractivity contribution in [3.8, 4) is 0 Å². The maximum atomic E-state index is 13.2. The SMILES string of the molecule is COC(=O)Cc1cccc(N(C(=O)c2ccccc2)c2ccccc2)c1. The number of rotatable bonds is 5. The van der Waals surface area contributed by atoms with Crippen LogP contribution in [0.3, 0.4) is 0 Å². The first-order chi connectivity index (χ1) is 12.7. The Morgan fingerprint density at radius 3 is 2.08 bits per heavy atom. The van der Waals surface area contributed by atoms with Crippen LogP contribution in [0.4, 0.5) is 11.4 Å². The van der Waals surface area contributed by atoms with Gasteiger partial charge in [0.25, 0.3) is 5.91 Å². The number of ether oxygens (including phenoxy) is 1. The van der Waals surface area contributed by atoms with Gasteiger partial charge in [0.1, 0.15) is 0 Å². The zero-order valence-electron chi connectivity index (χ0n) is 14.5. The van der Waals surface area contributed by atoms with E-state index in [-0.39, 0.29) is 18.3 Å². The van der Waals surface area contributed by atoms with Crippen molar-refractivity contribution in [1.29, 1.82) is 0 Å². The van der Waals surface area contributed by atoms with E-state index in [1.54, 1.807) is 17.0 Å². The molecule has 26 heavy (non-hydrogen) atoms. The zero-order chi connectivity index (χ0) is 18.4. The molecule has 0 unspecified atom stereocenters. The van der Waals surface area contributed by atoms with E-state index in [0.717, 1.165) is 11.3 Å². The number of para-hydroxylation sites is 1. The number of benzene rings is 3. The average molecular weight is 345 g/mol. The molecule has 0 saturated carbocycles. The third-order valence-electron chi connectivity index (χ3n) is 3.98. The number of hydrogen-bond donors (Lipinski definition) is 0. The molecule has 0 N–H and O–H groups in total. The Balaban J connectivity index is 2.03. The van der Waals surface area contributed by atoms with E-state index in [2.05, 4.69) is 0 Å². The van der Waals surface area contributed by atoms with Gasteiger partial charge in [0.2, 0.25) is 0 Å². The lowest BCUT2D eigenvalue weighted by Gasteiger charge is -2.23. The van der Waals surface area contributed by atoms with E-state index < -0.39 is 0 Å². The standard InChI is InChI=1S/C22H19NO3/c1-26-21(24)16-17-9-8-14-20(15-17)23(19-12-6-3-7-13-19)22(25)18-10-4-2-5-11-18/h2-15H,16H2,1H3. The van der Waals surface area contributed by atoms with Gasteiger partial charge in [-0.05, 0) is 42.0 Å². The van der Waals surface area contributed by atoms with Crippen molar-refractivity contribution < 1.29 is 14.3 Å². The van der Waals surface area contributed by atoms with Crippen LogP contribution in [0.15, 0.2) is 84.9 Å². The molecule has 3 aromatic rings. The highest BCUT2D eigenvalue weighted by Crippen LogP contribution is 2.28. The summed E-state index contributed by atoms with van der Waals surface area (Å²) in [7, 11) is 1.36. The first kappa shape index (κ1) is 17.4. The molecule has 0 radical (unpaired) electrons. The van der Waals surface area contributed by atoms with Gasteiger partial charge in [-0.2, -0.15) is 0 Å². The van der Waals surface area contributed by atoms with E-state index >= 15 is 0 Å². The van der Waals surface area contributed by atoms with Crippen molar-refractivity contribution >= 4 is 23.3 Å². The summed E-state index contributed by atoms with van der Waals surface area (Å²) in [5.41, 5.74) is 2.84. The molecule has 0 heterocycles. The van der Waals surface area contributed by atoms with Gasteiger partial charge >= 0.3 is 5.97 Å². The minimum atomic E-state index is -0.317. The maximum absolute atomic E-state index is 13.2. The van der Waals surface area contributed by atoms with Crippen LogP contribution < -0.4 is 4.90 Å². The van der Waals surface area contributed by atoms with Crippen LogP contribution in [0.2, 0.25) is 0 Å². The Bertz CT molecular complexity index is 892. The van der Waals surface area contributed by atoms with Crippen molar-refractivity contribution in [2.45, 2.75) is 6.42 Å². The molecule has 3 aromatic carbocycles. The summed E-state index contributed by atoms with van der Waals surface area (Å²) in [6, 6.07) is 25.9. The van der Waals surface area contributed by atoms with Crippen LogP contribution in [0, 0.1) is 0 Å². The first-order valence-electron chi connectivity index (χ1n) is 8.29. The van der Waals surface area contributed by atoms with Crippen LogP contribution >= 0.6 is 0 Å². The molecule has 4 nitrogen and oxygen atoms in total. The fourth-order valence-electron chi connectivity index (χ4n) is 2.71. The van der Waals surface area contributed by atoms with Crippen molar-refractivity contribution in [2.24, 2.45) is 0 Å². The highest BCUT2D eigenvalue weighted by molar-refractivity contribution is 6.10. The monoisotopic (exact) mass is 345 g/mol. The van der Waals surface area contributed by atoms with Gasteiger partial charge in [-0.15, -0.1) is 0 Å². The maximum Gasteiger partial charge on any atom is 0.309 e. The number of amides is 1. The smallest absolute Gasteiger partial charge is 0.309 e. The van der Waals surface area contributed by atoms with Gasteiger partial charge in [0.15, 0.2) is 0 Å². The van der Waals surface area contributed by atoms with Gasteiger partial charge in [-0.25, -0.2) is 0 Å². The number of carbonyl (C=O) groups excluding carboxylic acids is 2. The van der Waals surface area contributed by atoms with Gasteiger partial charge < -0.3 is 4.74 Å². The quantitative estimate of drug-likeness (QED) is 0.645. The van der Waals surface area contributed by atoms with Crippen LogP contribution in [0.5, 0.6) is 0 Å². The Morgan fingerprint density at radius 2 is 1.42 bits per heavy atom. The second-order valence-corrected chi connectivity index (χ2v) is 5.76. The van der Waals surface area contributed by atoms with Crippen LogP contribution in [-0.4, -0.2) is 19.0 Å². The summed E-state index contributed by atoms with van der Waals surface area (Å²) in [6.07, 6.45) is 0.159. The second kappa shape index (κ2) is 8.12. The second-order valence-electron chi connectivity index (χ2n) is 5.76. The van der Waals surface area contributed by atoms with Gasteiger partial charge in [-0.1, -0.05) is 48.5 Å². The third kappa shape index (κ3) is 3.98. The molecular weight excluding hydrogens is 326 g/mol. The predicted molar refractivity (Wildman–Crippen MR) is 102 cm³/mol. The minimum absolute atomic E-state index is 0.132. The molecule has 0 aliphatic carbocycles. The average Bonchev–Trinajstić information content (AvgIpc) is 2.70. The Morgan fingerprint density at radius 1 is 0.808 bits per heavy atom. The first-order valence-corrected chi connectivity index (χ1v) is 8.29. The number of anilines is 2. The Labute approximate surface area is 152 Å². The molecule has 4 heteroatoms. The molecule has 0 aliphatic heterocycles. The van der Waals surface area contributed by atoms with E-state index in [9.17, 15) is 9.59 Å². The van der Waals surface area contributed by atoms with Crippen LogP contribution in [0.25, 0.3) is 0 Å². The van der Waals surface area contributed by atoms with Crippen LogP contribution in [-0.2, 0) is 16.0 Å². The van der Waals surface area contributed by atoms with E-state index in [0.29, 0.717) is 11.3 Å². The molecule has 130 valence electrons. The largest absolute Gasteiger partial charge is 0.469 e.